The number of carbonyl (C=O) groups is 1. The van der Waals surface area contributed by atoms with Crippen LogP contribution in [0.15, 0.2) is 48.5 Å². The van der Waals surface area contributed by atoms with E-state index in [0.29, 0.717) is 12.3 Å². The molecule has 0 heterocycles. The van der Waals surface area contributed by atoms with Crippen LogP contribution in [-0.4, -0.2) is 43.7 Å². The average molecular weight is 383 g/mol. The minimum absolute atomic E-state index is 0.0558. The molecule has 28 heavy (non-hydrogen) atoms. The Morgan fingerprint density at radius 1 is 1.00 bits per heavy atom. The van der Waals surface area contributed by atoms with E-state index in [1.165, 1.54) is 18.4 Å². The van der Waals surface area contributed by atoms with Crippen LogP contribution >= 0.6 is 0 Å². The topological polar surface area (TPSA) is 59.0 Å². The maximum Gasteiger partial charge on any atom is 0.223 e. The van der Waals surface area contributed by atoms with Gasteiger partial charge in [0.1, 0.15) is 11.5 Å². The van der Waals surface area contributed by atoms with Crippen LogP contribution in [0.2, 0.25) is 0 Å². The molecular weight excluding hydrogens is 354 g/mol. The van der Waals surface area contributed by atoms with Crippen molar-refractivity contribution < 1.29 is 19.4 Å². The lowest BCUT2D eigenvalue weighted by Crippen LogP contribution is -2.32. The van der Waals surface area contributed by atoms with Gasteiger partial charge in [-0.2, -0.15) is 0 Å². The summed E-state index contributed by atoms with van der Waals surface area (Å²) in [6, 6.07) is 15.3. The second-order valence-electron chi connectivity index (χ2n) is 7.48. The van der Waals surface area contributed by atoms with Gasteiger partial charge < -0.3 is 19.5 Å². The standard InChI is InChI=1S/C23H29NO4/c1-24(15-22(25)18-8-12-20(28-3)13-9-18)23(26)14-21(16-4-5-16)17-6-10-19(27-2)11-7-17/h6-13,16,21-22,25H,4-5,14-15H2,1-3H3. The Hall–Kier alpha value is -2.53. The van der Waals surface area contributed by atoms with Crippen molar-refractivity contribution in [2.24, 2.45) is 5.92 Å². The minimum atomic E-state index is -0.722. The molecule has 0 bridgehead atoms. The summed E-state index contributed by atoms with van der Waals surface area (Å²) in [6.07, 6.45) is 2.08. The predicted octanol–water partition coefficient (Wildman–Crippen LogP) is 3.78. The van der Waals surface area contributed by atoms with E-state index in [4.69, 9.17) is 9.47 Å². The summed E-state index contributed by atoms with van der Waals surface area (Å²) in [5, 5.41) is 10.5. The first-order valence-electron chi connectivity index (χ1n) is 9.71. The van der Waals surface area contributed by atoms with Gasteiger partial charge >= 0.3 is 0 Å². The molecule has 1 N–H and O–H groups in total. The normalized spacial score (nSPS) is 15.6. The van der Waals surface area contributed by atoms with E-state index in [-0.39, 0.29) is 18.4 Å². The second-order valence-corrected chi connectivity index (χ2v) is 7.48. The zero-order valence-corrected chi connectivity index (χ0v) is 16.8. The molecule has 0 aromatic heterocycles. The van der Waals surface area contributed by atoms with E-state index in [9.17, 15) is 9.90 Å². The summed E-state index contributed by atoms with van der Waals surface area (Å²) in [5.41, 5.74) is 1.95. The first kappa shape index (κ1) is 20.2. The summed E-state index contributed by atoms with van der Waals surface area (Å²) < 4.78 is 10.4. The smallest absolute Gasteiger partial charge is 0.223 e. The molecule has 1 fully saturated rings. The molecule has 1 saturated carbocycles. The second kappa shape index (κ2) is 9.11. The van der Waals surface area contributed by atoms with Crippen molar-refractivity contribution in [3.63, 3.8) is 0 Å². The van der Waals surface area contributed by atoms with Gasteiger partial charge in [0.2, 0.25) is 5.91 Å². The van der Waals surface area contributed by atoms with Crippen molar-refractivity contribution >= 4 is 5.91 Å². The fourth-order valence-corrected chi connectivity index (χ4v) is 3.54. The molecule has 0 aliphatic heterocycles. The Balaban J connectivity index is 1.60. The number of amides is 1. The number of aliphatic hydroxyl groups is 1. The predicted molar refractivity (Wildman–Crippen MR) is 109 cm³/mol. The summed E-state index contributed by atoms with van der Waals surface area (Å²) in [7, 11) is 5.02. The van der Waals surface area contributed by atoms with Crippen LogP contribution in [0.25, 0.3) is 0 Å². The monoisotopic (exact) mass is 383 g/mol. The van der Waals surface area contributed by atoms with E-state index >= 15 is 0 Å². The minimum Gasteiger partial charge on any atom is -0.497 e. The van der Waals surface area contributed by atoms with E-state index in [1.54, 1.807) is 26.2 Å². The SMILES string of the molecule is COc1ccc(C(O)CN(C)C(=O)CC(c2ccc(OC)cc2)C2CC2)cc1. The van der Waals surface area contributed by atoms with Crippen molar-refractivity contribution in [3.05, 3.63) is 59.7 Å². The zero-order chi connectivity index (χ0) is 20.1. The maximum absolute atomic E-state index is 12.8. The highest BCUT2D eigenvalue weighted by atomic mass is 16.5. The molecule has 0 radical (unpaired) electrons. The Bertz CT molecular complexity index is 768. The van der Waals surface area contributed by atoms with Gasteiger partial charge in [-0.3, -0.25) is 4.79 Å². The van der Waals surface area contributed by atoms with Crippen LogP contribution in [0, 0.1) is 5.92 Å². The lowest BCUT2D eigenvalue weighted by atomic mass is 9.90. The molecular formula is C23H29NO4. The van der Waals surface area contributed by atoms with Crippen LogP contribution in [0.3, 0.4) is 0 Å². The van der Waals surface area contributed by atoms with Gasteiger partial charge in [0.15, 0.2) is 0 Å². The zero-order valence-electron chi connectivity index (χ0n) is 16.8. The molecule has 2 aromatic rings. The first-order chi connectivity index (χ1) is 13.5. The number of hydrogen-bond donors (Lipinski definition) is 1. The number of aliphatic hydroxyl groups excluding tert-OH is 1. The highest BCUT2D eigenvalue weighted by molar-refractivity contribution is 5.77. The molecule has 0 spiro atoms. The lowest BCUT2D eigenvalue weighted by molar-refractivity contribution is -0.131. The van der Waals surface area contributed by atoms with Gasteiger partial charge in [-0.25, -0.2) is 0 Å². The molecule has 3 rings (SSSR count). The third-order valence-corrected chi connectivity index (χ3v) is 5.50. The Labute approximate surface area is 166 Å². The lowest BCUT2D eigenvalue weighted by Gasteiger charge is -2.24. The molecule has 2 atom stereocenters. The maximum atomic E-state index is 12.8. The number of hydrogen-bond acceptors (Lipinski definition) is 4. The molecule has 2 aromatic carbocycles. The number of likely N-dealkylation sites (N-methyl/N-ethyl adjacent to an activating group) is 1. The van der Waals surface area contributed by atoms with Crippen molar-refractivity contribution in [1.82, 2.24) is 4.90 Å². The fraction of sp³-hybridized carbons (Fsp3) is 0.435. The molecule has 1 aliphatic carbocycles. The van der Waals surface area contributed by atoms with E-state index in [0.717, 1.165) is 17.1 Å². The van der Waals surface area contributed by atoms with Crippen LogP contribution in [0.5, 0.6) is 11.5 Å². The molecule has 1 amide bonds. The van der Waals surface area contributed by atoms with Crippen molar-refractivity contribution in [2.45, 2.75) is 31.3 Å². The summed E-state index contributed by atoms with van der Waals surface area (Å²) in [5.74, 6) is 2.41. The molecule has 5 nitrogen and oxygen atoms in total. The largest absolute Gasteiger partial charge is 0.497 e. The molecule has 5 heteroatoms. The highest BCUT2D eigenvalue weighted by Gasteiger charge is 2.34. The third-order valence-electron chi connectivity index (χ3n) is 5.50. The summed E-state index contributed by atoms with van der Waals surface area (Å²) in [6.45, 7) is 0.269. The molecule has 150 valence electrons. The Kier molecular flexibility index (Phi) is 6.57. The van der Waals surface area contributed by atoms with Gasteiger partial charge in [0.05, 0.1) is 26.9 Å². The van der Waals surface area contributed by atoms with Gasteiger partial charge in [0, 0.05) is 13.5 Å². The Morgan fingerprint density at radius 2 is 1.50 bits per heavy atom. The van der Waals surface area contributed by atoms with Gasteiger partial charge in [-0.15, -0.1) is 0 Å². The molecule has 2 unspecified atom stereocenters. The molecule has 0 saturated heterocycles. The van der Waals surface area contributed by atoms with Crippen LogP contribution in [0.4, 0.5) is 0 Å². The van der Waals surface area contributed by atoms with Gasteiger partial charge in [0.25, 0.3) is 0 Å². The Morgan fingerprint density at radius 3 is 1.96 bits per heavy atom. The number of benzene rings is 2. The van der Waals surface area contributed by atoms with Crippen LogP contribution in [0.1, 0.15) is 42.4 Å². The van der Waals surface area contributed by atoms with Crippen molar-refractivity contribution in [2.75, 3.05) is 27.8 Å². The summed E-state index contributed by atoms with van der Waals surface area (Å²) >= 11 is 0. The average Bonchev–Trinajstić information content (AvgIpc) is 3.57. The number of methoxy groups -OCH3 is 2. The van der Waals surface area contributed by atoms with Crippen LogP contribution in [-0.2, 0) is 4.79 Å². The van der Waals surface area contributed by atoms with E-state index < -0.39 is 6.10 Å². The number of rotatable bonds is 9. The van der Waals surface area contributed by atoms with E-state index in [2.05, 4.69) is 12.1 Å². The molecule has 1 aliphatic rings. The van der Waals surface area contributed by atoms with Crippen molar-refractivity contribution in [3.8, 4) is 11.5 Å². The van der Waals surface area contributed by atoms with Gasteiger partial charge in [-0.1, -0.05) is 24.3 Å². The van der Waals surface area contributed by atoms with Gasteiger partial charge in [-0.05, 0) is 60.1 Å². The first-order valence-corrected chi connectivity index (χ1v) is 9.71. The third kappa shape index (κ3) is 5.04. The number of nitrogens with zero attached hydrogens (tertiary/aromatic N) is 1. The number of carbonyl (C=O) groups excluding carboxylic acids is 1. The van der Waals surface area contributed by atoms with Crippen LogP contribution < -0.4 is 9.47 Å². The fourth-order valence-electron chi connectivity index (χ4n) is 3.54. The van der Waals surface area contributed by atoms with E-state index in [1.807, 2.05) is 36.4 Å². The number of ether oxygens (including phenoxy) is 2. The highest BCUT2D eigenvalue weighted by Crippen LogP contribution is 2.45. The van der Waals surface area contributed by atoms with Crippen molar-refractivity contribution in [1.29, 1.82) is 0 Å². The summed E-state index contributed by atoms with van der Waals surface area (Å²) in [4.78, 5) is 14.5. The quantitative estimate of drug-likeness (QED) is 0.716.